The van der Waals surface area contributed by atoms with Gasteiger partial charge in [-0.15, -0.1) is 0 Å². The monoisotopic (exact) mass is 268 g/mol. The molecule has 0 aromatic heterocycles. The van der Waals surface area contributed by atoms with Crippen LogP contribution >= 0.6 is 0 Å². The Morgan fingerprint density at radius 2 is 1.89 bits per heavy atom. The van der Waals surface area contributed by atoms with Gasteiger partial charge < -0.3 is 15.7 Å². The molecule has 108 valence electrons. The number of carboxylic acids is 1. The summed E-state index contributed by atoms with van der Waals surface area (Å²) in [4.78, 5) is 25.4. The Labute approximate surface area is 114 Å². The predicted molar refractivity (Wildman–Crippen MR) is 71.4 cm³/mol. The second kappa shape index (κ2) is 5.90. The Bertz CT molecular complexity index is 359. The average molecular weight is 268 g/mol. The summed E-state index contributed by atoms with van der Waals surface area (Å²) in [7, 11) is 0. The van der Waals surface area contributed by atoms with E-state index in [1.165, 1.54) is 0 Å². The molecule has 1 amide bonds. The maximum Gasteiger partial charge on any atom is 0.308 e. The highest BCUT2D eigenvalue weighted by molar-refractivity contribution is 5.81. The predicted octanol–water partition coefficient (Wildman–Crippen LogP) is 0.931. The number of hydrogen-bond acceptors (Lipinski definition) is 3. The second-order valence-corrected chi connectivity index (χ2v) is 6.05. The van der Waals surface area contributed by atoms with Crippen molar-refractivity contribution in [2.45, 2.75) is 32.6 Å². The number of rotatable bonds is 3. The number of carbonyl (C=O) groups is 2. The summed E-state index contributed by atoms with van der Waals surface area (Å²) in [6, 6.07) is 0. The fourth-order valence-corrected chi connectivity index (χ4v) is 3.52. The SMILES string of the molecule is CC1CN(C(=O)C2CCCCC2CN)CC1C(=O)O. The molecule has 3 N–H and O–H groups in total. The van der Waals surface area contributed by atoms with Crippen molar-refractivity contribution in [2.24, 2.45) is 29.4 Å². The van der Waals surface area contributed by atoms with Crippen LogP contribution in [0.4, 0.5) is 0 Å². The number of carbonyl (C=O) groups excluding carboxylic acids is 1. The minimum Gasteiger partial charge on any atom is -0.481 e. The van der Waals surface area contributed by atoms with E-state index in [0.29, 0.717) is 19.6 Å². The van der Waals surface area contributed by atoms with Gasteiger partial charge in [-0.1, -0.05) is 19.8 Å². The molecule has 0 aromatic rings. The molecular weight excluding hydrogens is 244 g/mol. The standard InChI is InChI=1S/C14H24N2O3/c1-9-7-16(8-12(9)14(18)19)13(17)11-5-3-2-4-10(11)6-15/h9-12H,2-8,15H2,1H3,(H,18,19). The molecule has 0 bridgehead atoms. The molecule has 0 aromatic carbocycles. The number of likely N-dealkylation sites (tertiary alicyclic amines) is 1. The Hall–Kier alpha value is -1.10. The van der Waals surface area contributed by atoms with Gasteiger partial charge in [-0.2, -0.15) is 0 Å². The van der Waals surface area contributed by atoms with E-state index in [9.17, 15) is 9.59 Å². The summed E-state index contributed by atoms with van der Waals surface area (Å²) < 4.78 is 0. The van der Waals surface area contributed by atoms with Gasteiger partial charge in [0.1, 0.15) is 0 Å². The summed E-state index contributed by atoms with van der Waals surface area (Å²) in [5.41, 5.74) is 5.77. The lowest BCUT2D eigenvalue weighted by molar-refractivity contribution is -0.142. The van der Waals surface area contributed by atoms with E-state index in [2.05, 4.69) is 0 Å². The van der Waals surface area contributed by atoms with Crippen LogP contribution < -0.4 is 5.73 Å². The van der Waals surface area contributed by atoms with E-state index >= 15 is 0 Å². The third-order valence-corrected chi connectivity index (χ3v) is 4.77. The lowest BCUT2D eigenvalue weighted by Gasteiger charge is -2.32. The number of aliphatic carboxylic acids is 1. The molecule has 1 aliphatic heterocycles. The third-order valence-electron chi connectivity index (χ3n) is 4.77. The molecule has 1 aliphatic carbocycles. The van der Waals surface area contributed by atoms with Crippen LogP contribution in [0.5, 0.6) is 0 Å². The zero-order chi connectivity index (χ0) is 14.0. The van der Waals surface area contributed by atoms with Crippen LogP contribution in [0, 0.1) is 23.7 Å². The fourth-order valence-electron chi connectivity index (χ4n) is 3.52. The number of hydrogen-bond donors (Lipinski definition) is 2. The van der Waals surface area contributed by atoms with Crippen molar-refractivity contribution >= 4 is 11.9 Å². The molecule has 19 heavy (non-hydrogen) atoms. The molecule has 2 fully saturated rings. The first-order chi connectivity index (χ1) is 9.04. The molecule has 0 radical (unpaired) electrons. The molecule has 5 heteroatoms. The number of carboxylic acid groups (broad SMARTS) is 1. The van der Waals surface area contributed by atoms with Crippen molar-refractivity contribution in [3.05, 3.63) is 0 Å². The summed E-state index contributed by atoms with van der Waals surface area (Å²) >= 11 is 0. The molecule has 2 rings (SSSR count). The van der Waals surface area contributed by atoms with Crippen molar-refractivity contribution < 1.29 is 14.7 Å². The topological polar surface area (TPSA) is 83.6 Å². The van der Waals surface area contributed by atoms with Gasteiger partial charge in [0.15, 0.2) is 0 Å². The highest BCUT2D eigenvalue weighted by atomic mass is 16.4. The van der Waals surface area contributed by atoms with Crippen molar-refractivity contribution in [3.8, 4) is 0 Å². The van der Waals surface area contributed by atoms with E-state index < -0.39 is 11.9 Å². The highest BCUT2D eigenvalue weighted by Crippen LogP contribution is 2.33. The van der Waals surface area contributed by atoms with Crippen molar-refractivity contribution in [1.29, 1.82) is 0 Å². The molecule has 2 aliphatic rings. The van der Waals surface area contributed by atoms with Gasteiger partial charge in [-0.25, -0.2) is 0 Å². The number of nitrogens with two attached hydrogens (primary N) is 1. The van der Waals surface area contributed by atoms with Crippen LogP contribution in [0.2, 0.25) is 0 Å². The maximum atomic E-state index is 12.6. The van der Waals surface area contributed by atoms with Gasteiger partial charge in [0, 0.05) is 19.0 Å². The Balaban J connectivity index is 2.02. The molecule has 0 spiro atoms. The molecule has 1 saturated heterocycles. The molecular formula is C14H24N2O3. The average Bonchev–Trinajstić information content (AvgIpc) is 2.80. The van der Waals surface area contributed by atoms with Crippen LogP contribution in [0.3, 0.4) is 0 Å². The molecule has 1 saturated carbocycles. The molecule has 4 unspecified atom stereocenters. The van der Waals surface area contributed by atoms with Crippen LogP contribution in [0.15, 0.2) is 0 Å². The Morgan fingerprint density at radius 3 is 2.47 bits per heavy atom. The quantitative estimate of drug-likeness (QED) is 0.797. The third kappa shape index (κ3) is 2.91. The smallest absolute Gasteiger partial charge is 0.308 e. The van der Waals surface area contributed by atoms with Crippen molar-refractivity contribution in [2.75, 3.05) is 19.6 Å². The van der Waals surface area contributed by atoms with E-state index in [4.69, 9.17) is 10.8 Å². The van der Waals surface area contributed by atoms with E-state index in [1.54, 1.807) is 4.90 Å². The van der Waals surface area contributed by atoms with Crippen LogP contribution in [0.25, 0.3) is 0 Å². The summed E-state index contributed by atoms with van der Waals surface area (Å²) in [6.07, 6.45) is 4.17. The minimum atomic E-state index is -0.790. The van der Waals surface area contributed by atoms with Gasteiger partial charge in [0.2, 0.25) is 5.91 Å². The Kier molecular flexibility index (Phi) is 4.45. The van der Waals surface area contributed by atoms with Crippen LogP contribution in [-0.4, -0.2) is 41.5 Å². The minimum absolute atomic E-state index is 0.0125. The van der Waals surface area contributed by atoms with E-state index in [-0.39, 0.29) is 23.7 Å². The van der Waals surface area contributed by atoms with Crippen molar-refractivity contribution in [1.82, 2.24) is 4.90 Å². The summed E-state index contributed by atoms with van der Waals surface area (Å²) in [5.74, 6) is -0.739. The van der Waals surface area contributed by atoms with Gasteiger partial charge in [-0.3, -0.25) is 9.59 Å². The lowest BCUT2D eigenvalue weighted by Crippen LogP contribution is -2.41. The lowest BCUT2D eigenvalue weighted by atomic mass is 9.78. The van der Waals surface area contributed by atoms with Crippen LogP contribution in [0.1, 0.15) is 32.6 Å². The second-order valence-electron chi connectivity index (χ2n) is 6.05. The number of nitrogens with zero attached hydrogens (tertiary/aromatic N) is 1. The highest BCUT2D eigenvalue weighted by Gasteiger charge is 2.40. The zero-order valence-electron chi connectivity index (χ0n) is 11.5. The molecule has 5 nitrogen and oxygen atoms in total. The molecule has 4 atom stereocenters. The van der Waals surface area contributed by atoms with Gasteiger partial charge in [0.25, 0.3) is 0 Å². The van der Waals surface area contributed by atoms with Gasteiger partial charge in [0.05, 0.1) is 5.92 Å². The van der Waals surface area contributed by atoms with Gasteiger partial charge in [-0.05, 0) is 31.2 Å². The van der Waals surface area contributed by atoms with Crippen LogP contribution in [-0.2, 0) is 9.59 Å². The normalized spacial score (nSPS) is 35.4. The number of amides is 1. The summed E-state index contributed by atoms with van der Waals surface area (Å²) in [5, 5.41) is 9.13. The van der Waals surface area contributed by atoms with Gasteiger partial charge >= 0.3 is 5.97 Å². The first-order valence-corrected chi connectivity index (χ1v) is 7.26. The summed E-state index contributed by atoms with van der Waals surface area (Å²) in [6.45, 7) is 3.40. The zero-order valence-corrected chi connectivity index (χ0v) is 11.5. The first-order valence-electron chi connectivity index (χ1n) is 7.26. The Morgan fingerprint density at radius 1 is 1.21 bits per heavy atom. The van der Waals surface area contributed by atoms with E-state index in [1.807, 2.05) is 6.92 Å². The van der Waals surface area contributed by atoms with E-state index in [0.717, 1.165) is 25.7 Å². The fraction of sp³-hybridized carbons (Fsp3) is 0.857. The maximum absolute atomic E-state index is 12.6. The van der Waals surface area contributed by atoms with Crippen molar-refractivity contribution in [3.63, 3.8) is 0 Å². The molecule has 1 heterocycles. The first kappa shape index (κ1) is 14.3. The largest absolute Gasteiger partial charge is 0.481 e.